The Labute approximate surface area is 59.7 Å². The molecule has 0 spiro atoms. The second-order valence-corrected chi connectivity index (χ2v) is 1.42. The Morgan fingerprint density at radius 1 is 0.818 bits per heavy atom. The molecule has 0 aliphatic heterocycles. The molecule has 3 nitrogen and oxygen atoms in total. The Morgan fingerprint density at radius 3 is 1.45 bits per heavy atom. The maximum absolute atomic E-state index is 11.2. The normalized spacial score (nSPS) is 11.5. The minimum absolute atomic E-state index is 1.01. The smallest absolute Gasteiger partial charge is 0.208 e. The van der Waals surface area contributed by atoms with Gasteiger partial charge in [-0.25, -0.2) is 27.3 Å². The Hall–Kier alpha value is -0.400. The van der Waals surface area contributed by atoms with E-state index in [4.69, 9.17) is 0 Å². The molecule has 0 N–H and O–H groups in total. The predicted molar refractivity (Wildman–Crippen MR) is 25.0 cm³/mol. The second kappa shape index (κ2) is 6.32. The fourth-order valence-electron chi connectivity index (χ4n) is 0.192. The van der Waals surface area contributed by atoms with Crippen LogP contribution in [0.2, 0.25) is 0 Å². The minimum atomic E-state index is -2.72. The van der Waals surface area contributed by atoms with Crippen molar-refractivity contribution in [2.45, 2.75) is 12.9 Å². The average Bonchev–Trinajstić information content (AvgIpc) is 1.85. The molecule has 0 fully saturated rings. The maximum atomic E-state index is 11.2. The van der Waals surface area contributed by atoms with Gasteiger partial charge in [-0.1, -0.05) is 5.04 Å². The van der Waals surface area contributed by atoms with Gasteiger partial charge in [0.15, 0.2) is 0 Å². The van der Waals surface area contributed by atoms with Gasteiger partial charge in [-0.2, -0.15) is 0 Å². The lowest BCUT2D eigenvalue weighted by molar-refractivity contribution is -0.520. The third-order valence-electron chi connectivity index (χ3n) is 0.484. The molecular formula is C4H6F4O3. The molecule has 0 aliphatic carbocycles. The fourth-order valence-corrected chi connectivity index (χ4v) is 0.192. The second-order valence-electron chi connectivity index (χ2n) is 1.42. The van der Waals surface area contributed by atoms with Crippen LogP contribution in [0, 0.1) is 0 Å². The van der Waals surface area contributed by atoms with Crippen LogP contribution in [0.25, 0.3) is 0 Å². The predicted octanol–water partition coefficient (Wildman–Crippen LogP) is 1.40. The summed E-state index contributed by atoms with van der Waals surface area (Å²) in [6, 6.07) is 0. The highest BCUT2D eigenvalue weighted by Gasteiger charge is 2.05. The van der Waals surface area contributed by atoms with Crippen LogP contribution in [0.3, 0.4) is 0 Å². The van der Waals surface area contributed by atoms with E-state index in [0.29, 0.717) is 0 Å². The van der Waals surface area contributed by atoms with E-state index < -0.39 is 26.1 Å². The largest absolute Gasteiger partial charge is 0.264 e. The van der Waals surface area contributed by atoms with Crippen molar-refractivity contribution in [1.82, 2.24) is 0 Å². The van der Waals surface area contributed by atoms with Gasteiger partial charge >= 0.3 is 0 Å². The zero-order valence-corrected chi connectivity index (χ0v) is 5.31. The fraction of sp³-hybridized carbons (Fsp3) is 1.00. The van der Waals surface area contributed by atoms with E-state index in [0.717, 1.165) is 0 Å². The van der Waals surface area contributed by atoms with E-state index in [2.05, 4.69) is 14.8 Å². The quantitative estimate of drug-likeness (QED) is 0.266. The molecule has 0 radical (unpaired) electrons. The van der Waals surface area contributed by atoms with Crippen LogP contribution in [0.15, 0.2) is 0 Å². The van der Waals surface area contributed by atoms with E-state index in [-0.39, 0.29) is 0 Å². The van der Waals surface area contributed by atoms with Crippen molar-refractivity contribution < 1.29 is 32.4 Å². The molecule has 11 heavy (non-hydrogen) atoms. The number of hydrogen-bond acceptors (Lipinski definition) is 3. The summed E-state index contributed by atoms with van der Waals surface area (Å²) in [7, 11) is 0. The monoisotopic (exact) mass is 178 g/mol. The van der Waals surface area contributed by atoms with Crippen LogP contribution in [-0.2, 0) is 14.8 Å². The third-order valence-corrected chi connectivity index (χ3v) is 0.484. The Bertz CT molecular complexity index is 79.4. The molecule has 0 aromatic carbocycles. The molecule has 0 unspecified atom stereocenters. The molecule has 7 heteroatoms. The zero-order chi connectivity index (χ0) is 8.69. The lowest BCUT2D eigenvalue weighted by Gasteiger charge is -2.01. The zero-order valence-electron chi connectivity index (χ0n) is 5.31. The van der Waals surface area contributed by atoms with Gasteiger partial charge in [0.25, 0.3) is 12.9 Å². The molecule has 0 atom stereocenters. The standard InChI is InChI=1S/C4H6F4O3/c5-3(6)1-9-11-10-2-4(7)8/h3-4H,1-2H2. The molecular weight excluding hydrogens is 172 g/mol. The highest BCUT2D eigenvalue weighted by atomic mass is 19.3. The highest BCUT2D eigenvalue weighted by Crippen LogP contribution is 1.96. The number of alkyl halides is 4. The molecule has 0 heterocycles. The van der Waals surface area contributed by atoms with Crippen molar-refractivity contribution in [2.24, 2.45) is 0 Å². The van der Waals surface area contributed by atoms with Crippen molar-refractivity contribution in [3.05, 3.63) is 0 Å². The van der Waals surface area contributed by atoms with Gasteiger partial charge in [0, 0.05) is 0 Å². The average molecular weight is 178 g/mol. The van der Waals surface area contributed by atoms with E-state index in [1.807, 2.05) is 0 Å². The SMILES string of the molecule is FC(F)COOOCC(F)F. The van der Waals surface area contributed by atoms with Crippen molar-refractivity contribution in [2.75, 3.05) is 13.2 Å². The summed E-state index contributed by atoms with van der Waals surface area (Å²) in [5, 5.41) is 3.50. The number of rotatable bonds is 6. The van der Waals surface area contributed by atoms with Gasteiger partial charge in [-0.05, 0) is 0 Å². The topological polar surface area (TPSA) is 27.7 Å². The molecule has 0 aliphatic rings. The summed E-state index contributed by atoms with van der Waals surface area (Å²) < 4.78 is 44.8. The van der Waals surface area contributed by atoms with Gasteiger partial charge in [-0.15, -0.1) is 0 Å². The molecule has 0 amide bonds. The van der Waals surface area contributed by atoms with Gasteiger partial charge in [-0.3, -0.25) is 0 Å². The summed E-state index contributed by atoms with van der Waals surface area (Å²) in [6.45, 7) is -2.02. The van der Waals surface area contributed by atoms with Crippen molar-refractivity contribution >= 4 is 0 Å². The van der Waals surface area contributed by atoms with Crippen LogP contribution in [0.1, 0.15) is 0 Å². The summed E-state index contributed by atoms with van der Waals surface area (Å²) in [6.07, 6.45) is -5.43. The molecule has 0 bridgehead atoms. The van der Waals surface area contributed by atoms with E-state index >= 15 is 0 Å². The number of halogens is 4. The molecule has 0 saturated heterocycles. The lowest BCUT2D eigenvalue weighted by atomic mass is 10.8. The van der Waals surface area contributed by atoms with Crippen molar-refractivity contribution in [3.63, 3.8) is 0 Å². The van der Waals surface area contributed by atoms with Gasteiger partial charge in [0.05, 0.1) is 0 Å². The third kappa shape index (κ3) is 9.60. The highest BCUT2D eigenvalue weighted by molar-refractivity contribution is 4.27. The van der Waals surface area contributed by atoms with E-state index in [1.54, 1.807) is 0 Å². The van der Waals surface area contributed by atoms with Gasteiger partial charge in [0.2, 0.25) is 0 Å². The molecule has 0 aromatic rings. The Morgan fingerprint density at radius 2 is 1.18 bits per heavy atom. The van der Waals surface area contributed by atoms with Crippen LogP contribution in [0.5, 0.6) is 0 Å². The van der Waals surface area contributed by atoms with Gasteiger partial charge in [0.1, 0.15) is 13.2 Å². The van der Waals surface area contributed by atoms with E-state index in [1.165, 1.54) is 0 Å². The first-order valence-electron chi connectivity index (χ1n) is 2.60. The maximum Gasteiger partial charge on any atom is 0.264 e. The summed E-state index contributed by atoms with van der Waals surface area (Å²) in [5.41, 5.74) is 0. The summed E-state index contributed by atoms with van der Waals surface area (Å²) in [5.74, 6) is 0. The Balaban J connectivity index is 2.91. The first kappa shape index (κ1) is 10.6. The van der Waals surface area contributed by atoms with Crippen molar-refractivity contribution in [3.8, 4) is 0 Å². The van der Waals surface area contributed by atoms with Crippen LogP contribution in [0.4, 0.5) is 17.6 Å². The van der Waals surface area contributed by atoms with Crippen LogP contribution >= 0.6 is 0 Å². The molecule has 0 saturated carbocycles. The first-order valence-corrected chi connectivity index (χ1v) is 2.60. The molecule has 0 rings (SSSR count). The molecule has 68 valence electrons. The number of hydrogen-bond donors (Lipinski definition) is 0. The lowest BCUT2D eigenvalue weighted by Crippen LogP contribution is -2.09. The van der Waals surface area contributed by atoms with Crippen LogP contribution < -0.4 is 0 Å². The Kier molecular flexibility index (Phi) is 6.09. The van der Waals surface area contributed by atoms with Crippen molar-refractivity contribution in [1.29, 1.82) is 0 Å². The van der Waals surface area contributed by atoms with Crippen LogP contribution in [-0.4, -0.2) is 26.1 Å². The van der Waals surface area contributed by atoms with E-state index in [9.17, 15) is 17.6 Å². The van der Waals surface area contributed by atoms with Gasteiger partial charge < -0.3 is 0 Å². The minimum Gasteiger partial charge on any atom is -0.208 e. The summed E-state index contributed by atoms with van der Waals surface area (Å²) >= 11 is 0. The first-order chi connectivity index (χ1) is 5.13. The summed E-state index contributed by atoms with van der Waals surface area (Å²) in [4.78, 5) is 7.28. The molecule has 0 aromatic heterocycles.